The van der Waals surface area contributed by atoms with Crippen molar-refractivity contribution in [3.8, 4) is 11.8 Å². The van der Waals surface area contributed by atoms with Crippen LogP contribution in [0.4, 0.5) is 14.9 Å². The van der Waals surface area contributed by atoms with E-state index in [1.807, 2.05) is 0 Å². The molecule has 1 aromatic heterocycles. The minimum Gasteiger partial charge on any atom is -0.444 e. The fourth-order valence-electron chi connectivity index (χ4n) is 1.53. The van der Waals surface area contributed by atoms with E-state index in [1.165, 1.54) is 12.1 Å². The Morgan fingerprint density at radius 2 is 1.91 bits per heavy atom. The number of nitrogens with one attached hydrogen (secondary N) is 1. The third-order valence-corrected chi connectivity index (χ3v) is 2.67. The van der Waals surface area contributed by atoms with Crippen molar-refractivity contribution in [1.29, 1.82) is 0 Å². The zero-order valence-electron chi connectivity index (χ0n) is 12.8. The maximum atomic E-state index is 12.7. The molecule has 8 heteroatoms. The van der Waals surface area contributed by atoms with Crippen molar-refractivity contribution >= 4 is 23.4 Å². The molecule has 0 aliphatic carbocycles. The molecule has 6 nitrogen and oxygen atoms in total. The first-order valence-electron chi connectivity index (χ1n) is 6.68. The summed E-state index contributed by atoms with van der Waals surface area (Å²) in [7, 11) is 0. The van der Waals surface area contributed by atoms with Crippen molar-refractivity contribution in [2.75, 3.05) is 5.32 Å². The number of hydrogen-bond donors (Lipinski definition) is 1. The van der Waals surface area contributed by atoms with Gasteiger partial charge in [0, 0.05) is 5.69 Å². The largest absolute Gasteiger partial charge is 0.444 e. The Balaban J connectivity index is 2.05. The second-order valence-electron chi connectivity index (χ2n) is 5.56. The number of halogens is 2. The van der Waals surface area contributed by atoms with Crippen molar-refractivity contribution in [2.24, 2.45) is 0 Å². The van der Waals surface area contributed by atoms with Crippen molar-refractivity contribution in [3.05, 3.63) is 41.4 Å². The smallest absolute Gasteiger partial charge is 0.412 e. The number of amides is 1. The molecular formula is C15H15ClFN3O3. The zero-order chi connectivity index (χ0) is 17.0. The third-order valence-electron chi connectivity index (χ3n) is 2.38. The highest BCUT2D eigenvalue weighted by Crippen LogP contribution is 2.30. The number of aromatic nitrogens is 2. The maximum Gasteiger partial charge on any atom is 0.412 e. The number of rotatable bonds is 3. The van der Waals surface area contributed by atoms with Gasteiger partial charge in [-0.05, 0) is 39.0 Å². The van der Waals surface area contributed by atoms with E-state index in [9.17, 15) is 9.18 Å². The lowest BCUT2D eigenvalue weighted by Crippen LogP contribution is -2.27. The van der Waals surface area contributed by atoms with E-state index in [1.54, 1.807) is 26.8 Å². The van der Waals surface area contributed by atoms with Crippen molar-refractivity contribution in [2.45, 2.75) is 26.4 Å². The number of nitrogens with zero attached hydrogens (tertiary/aromatic N) is 2. The summed E-state index contributed by atoms with van der Waals surface area (Å²) in [6.45, 7) is 5.29. The van der Waals surface area contributed by atoms with Gasteiger partial charge in [0.1, 0.15) is 11.4 Å². The van der Waals surface area contributed by atoms with Gasteiger partial charge in [-0.25, -0.2) is 19.2 Å². The lowest BCUT2D eigenvalue weighted by Gasteiger charge is -2.19. The standard InChI is InChI=1S/C15H15ClFN3O3/c1-15(2,3)23-14(21)20-10-4-5-12(11(16)6-10)22-13-18-7-9(17)8-19-13/h4-8H,1-3H3,(H,20,21). The summed E-state index contributed by atoms with van der Waals surface area (Å²) in [6.07, 6.45) is 1.37. The van der Waals surface area contributed by atoms with Gasteiger partial charge in [0.15, 0.2) is 5.82 Å². The molecule has 0 aliphatic rings. The summed E-state index contributed by atoms with van der Waals surface area (Å²) in [5, 5.41) is 2.78. The van der Waals surface area contributed by atoms with Gasteiger partial charge in [0.05, 0.1) is 17.4 Å². The molecule has 0 atom stereocenters. The number of benzene rings is 1. The lowest BCUT2D eigenvalue weighted by atomic mass is 10.2. The summed E-state index contributed by atoms with van der Waals surface area (Å²) >= 11 is 6.08. The molecule has 23 heavy (non-hydrogen) atoms. The Bertz CT molecular complexity index is 702. The molecule has 1 heterocycles. The highest BCUT2D eigenvalue weighted by atomic mass is 35.5. The van der Waals surface area contributed by atoms with Crippen LogP contribution in [0.2, 0.25) is 5.02 Å². The predicted octanol–water partition coefficient (Wildman–Crippen LogP) is 4.41. The van der Waals surface area contributed by atoms with E-state index < -0.39 is 17.5 Å². The maximum absolute atomic E-state index is 12.7. The molecule has 0 unspecified atom stereocenters. The summed E-state index contributed by atoms with van der Waals surface area (Å²) in [6, 6.07) is 4.56. The molecule has 0 aliphatic heterocycles. The average Bonchev–Trinajstić information content (AvgIpc) is 2.42. The van der Waals surface area contributed by atoms with Gasteiger partial charge in [-0.3, -0.25) is 5.32 Å². The van der Waals surface area contributed by atoms with Crippen LogP contribution in [-0.2, 0) is 4.74 Å². The Labute approximate surface area is 137 Å². The average molecular weight is 340 g/mol. The van der Waals surface area contributed by atoms with E-state index in [0.717, 1.165) is 12.4 Å². The van der Waals surface area contributed by atoms with Gasteiger partial charge < -0.3 is 9.47 Å². The molecule has 1 aromatic carbocycles. The van der Waals surface area contributed by atoms with Gasteiger partial charge in [-0.1, -0.05) is 11.6 Å². The van der Waals surface area contributed by atoms with Crippen LogP contribution < -0.4 is 10.1 Å². The fraction of sp³-hybridized carbons (Fsp3) is 0.267. The lowest BCUT2D eigenvalue weighted by molar-refractivity contribution is 0.0636. The quantitative estimate of drug-likeness (QED) is 0.896. The van der Waals surface area contributed by atoms with Gasteiger partial charge in [-0.2, -0.15) is 0 Å². The fourth-order valence-corrected chi connectivity index (χ4v) is 1.75. The molecule has 122 valence electrons. The first-order chi connectivity index (χ1) is 10.7. The Kier molecular flexibility index (Phi) is 5.00. The highest BCUT2D eigenvalue weighted by Gasteiger charge is 2.16. The molecule has 2 aromatic rings. The van der Waals surface area contributed by atoms with Crippen molar-refractivity contribution in [1.82, 2.24) is 9.97 Å². The molecule has 0 fully saturated rings. The first kappa shape index (κ1) is 17.0. The van der Waals surface area contributed by atoms with Gasteiger partial charge in [-0.15, -0.1) is 0 Å². The second-order valence-corrected chi connectivity index (χ2v) is 5.97. The van der Waals surface area contributed by atoms with Crippen molar-refractivity contribution < 1.29 is 18.7 Å². The summed E-state index contributed by atoms with van der Waals surface area (Å²) in [4.78, 5) is 19.0. The number of carbonyl (C=O) groups is 1. The molecule has 0 bridgehead atoms. The summed E-state index contributed by atoms with van der Waals surface area (Å²) < 4.78 is 23.2. The number of carbonyl (C=O) groups excluding carboxylic acids is 1. The molecule has 1 N–H and O–H groups in total. The van der Waals surface area contributed by atoms with Gasteiger partial charge in [0.2, 0.25) is 0 Å². The predicted molar refractivity (Wildman–Crippen MR) is 83.4 cm³/mol. The van der Waals surface area contributed by atoms with E-state index >= 15 is 0 Å². The Morgan fingerprint density at radius 3 is 2.48 bits per heavy atom. The molecular weight excluding hydrogens is 325 g/mol. The highest BCUT2D eigenvalue weighted by molar-refractivity contribution is 6.32. The van der Waals surface area contributed by atoms with Crippen LogP contribution in [0.3, 0.4) is 0 Å². The summed E-state index contributed by atoms with van der Waals surface area (Å²) in [5.74, 6) is -0.298. The molecule has 0 saturated carbocycles. The molecule has 1 amide bonds. The number of anilines is 1. The van der Waals surface area contributed by atoms with Crippen LogP contribution in [0.15, 0.2) is 30.6 Å². The van der Waals surface area contributed by atoms with E-state index in [2.05, 4.69) is 15.3 Å². The SMILES string of the molecule is CC(C)(C)OC(=O)Nc1ccc(Oc2ncc(F)cn2)c(Cl)c1. The topological polar surface area (TPSA) is 73.3 Å². The Morgan fingerprint density at radius 1 is 1.26 bits per heavy atom. The Hall–Kier alpha value is -2.41. The molecule has 0 saturated heterocycles. The number of hydrogen-bond acceptors (Lipinski definition) is 5. The van der Waals surface area contributed by atoms with E-state index in [-0.39, 0.29) is 16.8 Å². The second kappa shape index (κ2) is 6.78. The molecule has 0 spiro atoms. The van der Waals surface area contributed by atoms with Crippen LogP contribution in [-0.4, -0.2) is 21.7 Å². The number of ether oxygens (including phenoxy) is 2. The third kappa shape index (κ3) is 5.37. The minimum atomic E-state index is -0.600. The van der Waals surface area contributed by atoms with Crippen LogP contribution in [0.1, 0.15) is 20.8 Å². The zero-order valence-corrected chi connectivity index (χ0v) is 13.5. The van der Waals surface area contributed by atoms with Gasteiger partial charge >= 0.3 is 12.1 Å². The van der Waals surface area contributed by atoms with E-state index in [0.29, 0.717) is 5.69 Å². The summed E-state index contributed by atoms with van der Waals surface area (Å²) in [5.41, 5.74) is -0.159. The van der Waals surface area contributed by atoms with Crippen LogP contribution in [0, 0.1) is 5.82 Å². The normalized spacial score (nSPS) is 11.0. The minimum absolute atomic E-state index is 0.0406. The molecule has 2 rings (SSSR count). The first-order valence-corrected chi connectivity index (χ1v) is 7.06. The van der Waals surface area contributed by atoms with Crippen LogP contribution in [0.5, 0.6) is 11.8 Å². The van der Waals surface area contributed by atoms with Crippen LogP contribution >= 0.6 is 11.6 Å². The van der Waals surface area contributed by atoms with Gasteiger partial charge in [0.25, 0.3) is 0 Å². The monoisotopic (exact) mass is 339 g/mol. The van der Waals surface area contributed by atoms with E-state index in [4.69, 9.17) is 21.1 Å². The van der Waals surface area contributed by atoms with Crippen LogP contribution in [0.25, 0.3) is 0 Å². The molecule has 0 radical (unpaired) electrons. The van der Waals surface area contributed by atoms with Crippen molar-refractivity contribution in [3.63, 3.8) is 0 Å².